The van der Waals surface area contributed by atoms with Crippen LogP contribution in [-0.2, 0) is 43.6 Å². The van der Waals surface area contributed by atoms with Gasteiger partial charge < -0.3 is 14.0 Å². The highest BCUT2D eigenvalue weighted by Crippen LogP contribution is 2.38. The molecule has 0 spiro atoms. The minimum Gasteiger partial charge on any atom is -0.472 e. The number of benzene rings is 2. The largest absolute Gasteiger partial charge is 0.472 e. The van der Waals surface area contributed by atoms with Crippen LogP contribution >= 0.6 is 11.6 Å². The standard InChI is InChI=1S/C30H25ClF4N6O4/c31-18-3-1-16(2-4-18)15-44-28-21(30(33,34)35)11-17-7-9-40(13-22(17)36-28)14-24-37-26-23(41(24)12-19-8-10-43-19)6-5-20(25(26)32)27-38-29(42)45-39-27/h1-6,11,19H,7-10,12-15H2,(H,38,39,42)/t19-/m0/s1. The van der Waals surface area contributed by atoms with E-state index in [2.05, 4.69) is 24.6 Å². The number of hydrogen-bond donors (Lipinski definition) is 1. The number of aromatic amines is 1. The number of imidazole rings is 1. The molecule has 0 bridgehead atoms. The molecule has 1 fully saturated rings. The molecule has 2 aliphatic heterocycles. The van der Waals surface area contributed by atoms with E-state index < -0.39 is 29.2 Å². The van der Waals surface area contributed by atoms with Gasteiger partial charge in [0.1, 0.15) is 23.5 Å². The van der Waals surface area contributed by atoms with Crippen molar-refractivity contribution >= 4 is 22.6 Å². The third kappa shape index (κ3) is 5.92. The topological polar surface area (TPSA) is 111 Å². The predicted octanol–water partition coefficient (Wildman–Crippen LogP) is 5.51. The minimum atomic E-state index is -4.65. The SMILES string of the molecule is O=c1[nH]c(-c2ccc3c(nc(CN4CCc5cc(C(F)(F)F)c(OCc6ccc(Cl)cc6)nc5C4)n3C[C@@H]3CCO3)c2F)no1. The Bertz CT molecular complexity index is 1930. The zero-order valence-corrected chi connectivity index (χ0v) is 24.3. The van der Waals surface area contributed by atoms with Crippen LogP contribution in [-0.4, -0.2) is 48.8 Å². The predicted molar refractivity (Wildman–Crippen MR) is 153 cm³/mol. The number of halogens is 5. The lowest BCUT2D eigenvalue weighted by molar-refractivity contribution is -0.139. The van der Waals surface area contributed by atoms with Crippen LogP contribution in [0, 0.1) is 5.82 Å². The van der Waals surface area contributed by atoms with Gasteiger partial charge in [0.2, 0.25) is 5.88 Å². The summed E-state index contributed by atoms with van der Waals surface area (Å²) < 4.78 is 75.4. The molecule has 1 N–H and O–H groups in total. The molecule has 0 aliphatic carbocycles. The molecule has 7 rings (SSSR count). The summed E-state index contributed by atoms with van der Waals surface area (Å²) in [4.78, 5) is 24.8. The van der Waals surface area contributed by atoms with Crippen LogP contribution in [0.5, 0.6) is 5.88 Å². The van der Waals surface area contributed by atoms with Gasteiger partial charge in [0, 0.05) is 24.7 Å². The van der Waals surface area contributed by atoms with Crippen molar-refractivity contribution < 1.29 is 31.6 Å². The molecule has 0 radical (unpaired) electrons. The summed E-state index contributed by atoms with van der Waals surface area (Å²) in [5.74, 6) is -1.46. The van der Waals surface area contributed by atoms with Crippen LogP contribution in [0.25, 0.3) is 22.4 Å². The Balaban J connectivity index is 1.18. The molecular weight excluding hydrogens is 620 g/mol. The molecule has 0 amide bonds. The van der Waals surface area contributed by atoms with Gasteiger partial charge in [-0.15, -0.1) is 0 Å². The quantitative estimate of drug-likeness (QED) is 0.220. The Kier molecular flexibility index (Phi) is 7.58. The average Bonchev–Trinajstić information content (AvgIpc) is 3.57. The van der Waals surface area contributed by atoms with Crippen LogP contribution in [0.2, 0.25) is 5.02 Å². The van der Waals surface area contributed by atoms with Crippen LogP contribution < -0.4 is 10.5 Å². The molecule has 2 aliphatic rings. The average molecular weight is 645 g/mol. The fourth-order valence-corrected chi connectivity index (χ4v) is 5.70. The Hall–Kier alpha value is -4.27. The number of rotatable bonds is 8. The lowest BCUT2D eigenvalue weighted by Crippen LogP contribution is -2.34. The number of nitrogens with one attached hydrogen (secondary N) is 1. The number of ether oxygens (including phenoxy) is 2. The molecule has 0 unspecified atom stereocenters. The third-order valence-electron chi connectivity index (χ3n) is 8.00. The van der Waals surface area contributed by atoms with E-state index in [1.807, 2.05) is 9.47 Å². The van der Waals surface area contributed by atoms with E-state index in [1.165, 1.54) is 6.07 Å². The fourth-order valence-electron chi connectivity index (χ4n) is 5.57. The van der Waals surface area contributed by atoms with Gasteiger partial charge in [-0.25, -0.2) is 19.2 Å². The van der Waals surface area contributed by atoms with E-state index in [4.69, 9.17) is 21.1 Å². The van der Waals surface area contributed by atoms with Crippen molar-refractivity contribution in [1.82, 2.24) is 29.6 Å². The van der Waals surface area contributed by atoms with Crippen molar-refractivity contribution in [3.05, 3.63) is 92.1 Å². The molecule has 10 nitrogen and oxygen atoms in total. The molecule has 2 aromatic carbocycles. The van der Waals surface area contributed by atoms with Gasteiger partial charge in [0.05, 0.1) is 36.0 Å². The van der Waals surface area contributed by atoms with Gasteiger partial charge in [0.25, 0.3) is 0 Å². The number of pyridine rings is 1. The summed E-state index contributed by atoms with van der Waals surface area (Å²) >= 11 is 5.92. The number of aromatic nitrogens is 5. The van der Waals surface area contributed by atoms with Gasteiger partial charge >= 0.3 is 11.9 Å². The lowest BCUT2D eigenvalue weighted by Gasteiger charge is -2.30. The maximum atomic E-state index is 15.7. The molecule has 234 valence electrons. The van der Waals surface area contributed by atoms with Crippen molar-refractivity contribution in [1.29, 1.82) is 0 Å². The highest BCUT2D eigenvalue weighted by Gasteiger charge is 2.37. The molecule has 5 aromatic rings. The Morgan fingerprint density at radius 1 is 1.13 bits per heavy atom. The zero-order chi connectivity index (χ0) is 31.3. The fraction of sp³-hybridized carbons (Fsp3) is 0.333. The van der Waals surface area contributed by atoms with E-state index in [-0.39, 0.29) is 42.7 Å². The molecule has 5 heterocycles. The number of nitrogens with zero attached hydrogens (tertiary/aromatic N) is 5. The molecule has 1 atom stereocenters. The van der Waals surface area contributed by atoms with Crippen molar-refractivity contribution in [2.75, 3.05) is 13.2 Å². The van der Waals surface area contributed by atoms with Crippen molar-refractivity contribution in [3.63, 3.8) is 0 Å². The molecule has 3 aromatic heterocycles. The molecule has 15 heteroatoms. The first kappa shape index (κ1) is 29.4. The van der Waals surface area contributed by atoms with Gasteiger partial charge in [-0.3, -0.25) is 14.4 Å². The maximum absolute atomic E-state index is 15.7. The van der Waals surface area contributed by atoms with Gasteiger partial charge in [0.15, 0.2) is 11.6 Å². The molecule has 45 heavy (non-hydrogen) atoms. The van der Waals surface area contributed by atoms with E-state index in [0.717, 1.165) is 12.5 Å². The van der Waals surface area contributed by atoms with Crippen molar-refractivity contribution in [2.24, 2.45) is 0 Å². The smallest absolute Gasteiger partial charge is 0.439 e. The third-order valence-corrected chi connectivity index (χ3v) is 8.25. The molecule has 1 saturated heterocycles. The van der Waals surface area contributed by atoms with E-state index >= 15 is 4.39 Å². The Morgan fingerprint density at radius 2 is 1.93 bits per heavy atom. The second-order valence-electron chi connectivity index (χ2n) is 11.0. The minimum absolute atomic E-state index is 0.0344. The van der Waals surface area contributed by atoms with Gasteiger partial charge in [-0.2, -0.15) is 13.2 Å². The first-order valence-electron chi connectivity index (χ1n) is 14.2. The highest BCUT2D eigenvalue weighted by atomic mass is 35.5. The first-order valence-corrected chi connectivity index (χ1v) is 14.6. The van der Waals surface area contributed by atoms with Gasteiger partial charge in [-0.05, 0) is 54.3 Å². The maximum Gasteiger partial charge on any atom is 0.439 e. The summed E-state index contributed by atoms with van der Waals surface area (Å²) in [5.41, 5.74) is 1.34. The number of fused-ring (bicyclic) bond motifs is 2. The van der Waals surface area contributed by atoms with Crippen LogP contribution in [0.15, 0.2) is 51.8 Å². The first-order chi connectivity index (χ1) is 21.6. The van der Waals surface area contributed by atoms with Crippen LogP contribution in [0.3, 0.4) is 0 Å². The second-order valence-corrected chi connectivity index (χ2v) is 11.4. The summed E-state index contributed by atoms with van der Waals surface area (Å²) in [6.45, 7) is 1.93. The molecular formula is C30H25ClF4N6O4. The van der Waals surface area contributed by atoms with Crippen molar-refractivity contribution in [3.8, 4) is 17.3 Å². The number of alkyl halides is 3. The summed E-state index contributed by atoms with van der Waals surface area (Å²) in [7, 11) is 0. The number of H-pyrrole nitrogens is 1. The van der Waals surface area contributed by atoms with Crippen LogP contribution in [0.4, 0.5) is 17.6 Å². The van der Waals surface area contributed by atoms with Crippen LogP contribution in [0.1, 0.15) is 34.6 Å². The summed E-state index contributed by atoms with van der Waals surface area (Å²) in [5, 5.41) is 4.10. The Labute approximate surface area is 257 Å². The zero-order valence-electron chi connectivity index (χ0n) is 23.5. The highest BCUT2D eigenvalue weighted by molar-refractivity contribution is 6.30. The van der Waals surface area contributed by atoms with E-state index in [9.17, 15) is 18.0 Å². The number of hydrogen-bond acceptors (Lipinski definition) is 8. The Morgan fingerprint density at radius 3 is 2.62 bits per heavy atom. The van der Waals surface area contributed by atoms with Gasteiger partial charge in [-0.1, -0.05) is 28.9 Å². The second kappa shape index (κ2) is 11.6. The monoisotopic (exact) mass is 644 g/mol. The molecule has 0 saturated carbocycles. The summed E-state index contributed by atoms with van der Waals surface area (Å²) in [6.07, 6.45) is -3.53. The van der Waals surface area contributed by atoms with Crippen molar-refractivity contribution in [2.45, 2.75) is 51.4 Å². The summed E-state index contributed by atoms with van der Waals surface area (Å²) in [6, 6.07) is 10.9. The van der Waals surface area contributed by atoms with E-state index in [1.54, 1.807) is 30.3 Å². The lowest BCUT2D eigenvalue weighted by atomic mass is 10.0. The van der Waals surface area contributed by atoms with E-state index in [0.29, 0.717) is 59.3 Å². The normalized spacial score (nSPS) is 17.0.